The van der Waals surface area contributed by atoms with Gasteiger partial charge in [0.15, 0.2) is 0 Å². The summed E-state index contributed by atoms with van der Waals surface area (Å²) in [6.07, 6.45) is 3.16. The van der Waals surface area contributed by atoms with E-state index < -0.39 is 17.1 Å². The summed E-state index contributed by atoms with van der Waals surface area (Å²) in [4.78, 5) is 25.0. The van der Waals surface area contributed by atoms with E-state index >= 15 is 0 Å². The first kappa shape index (κ1) is 17.2. The van der Waals surface area contributed by atoms with Crippen molar-refractivity contribution in [2.75, 3.05) is 0 Å². The molecule has 3 rings (SSSR count). The zero-order valence-electron chi connectivity index (χ0n) is 11.9. The van der Waals surface area contributed by atoms with Crippen LogP contribution in [0.15, 0.2) is 21.7 Å². The average molecular weight is 492 g/mol. The fourth-order valence-electron chi connectivity index (χ4n) is 2.79. The van der Waals surface area contributed by atoms with Gasteiger partial charge in [0.1, 0.15) is 0 Å². The fraction of sp³-hybridized carbons (Fsp3) is 0.333. The Kier molecular flexibility index (Phi) is 5.08. The van der Waals surface area contributed by atoms with E-state index in [1.54, 1.807) is 7.05 Å². The summed E-state index contributed by atoms with van der Waals surface area (Å²) in [6.45, 7) is 0. The Morgan fingerprint density at radius 2 is 1.95 bits per heavy atom. The molecule has 4 nitrogen and oxygen atoms in total. The number of fused-ring (bicyclic) bond motifs is 1. The molecule has 1 aromatic heterocycles. The van der Waals surface area contributed by atoms with E-state index in [1.165, 1.54) is 10.6 Å². The van der Waals surface area contributed by atoms with Crippen LogP contribution in [-0.2, 0) is 41.0 Å². The molecule has 0 bridgehead atoms. The minimum atomic E-state index is -0.714. The predicted octanol–water partition coefficient (Wildman–Crippen LogP) is 2.01. The van der Waals surface area contributed by atoms with Gasteiger partial charge in [0.25, 0.3) is 5.56 Å². The third kappa shape index (κ3) is 2.72. The van der Waals surface area contributed by atoms with Gasteiger partial charge in [-0.25, -0.2) is 9.18 Å². The van der Waals surface area contributed by atoms with Crippen molar-refractivity contribution in [3.63, 3.8) is 0 Å². The van der Waals surface area contributed by atoms with Crippen LogP contribution in [0.1, 0.15) is 24.1 Å². The first-order chi connectivity index (χ1) is 10.0. The minimum Gasteiger partial charge on any atom is -0.301 e. The van der Waals surface area contributed by atoms with E-state index in [0.717, 1.165) is 29.2 Å². The molecule has 0 N–H and O–H groups in total. The fourth-order valence-corrected chi connectivity index (χ4v) is 2.94. The van der Waals surface area contributed by atoms with Crippen LogP contribution in [0.4, 0.5) is 4.39 Å². The molecule has 0 radical (unpaired) electrons. The molecule has 0 fully saturated rings. The maximum Gasteiger partial charge on any atom is 2.00 e. The Morgan fingerprint density at radius 3 is 2.64 bits per heavy atom. The molecule has 22 heavy (non-hydrogen) atoms. The van der Waals surface area contributed by atoms with E-state index in [9.17, 15) is 14.0 Å². The van der Waals surface area contributed by atoms with Gasteiger partial charge in [0.05, 0.1) is 0 Å². The third-order valence-corrected chi connectivity index (χ3v) is 4.09. The Hall–Kier alpha value is -1.19. The molecule has 0 unspecified atom stereocenters. The maximum atomic E-state index is 14.0. The molecule has 0 saturated heterocycles. The normalized spacial score (nSPS) is 13.4. The monoisotopic (exact) mass is 491 g/mol. The van der Waals surface area contributed by atoms with Gasteiger partial charge in [0.2, 0.25) is 0 Å². The Labute approximate surface area is 145 Å². The molecule has 0 aliphatic heterocycles. The van der Waals surface area contributed by atoms with Crippen molar-refractivity contribution in [1.29, 1.82) is 0 Å². The second-order valence-electron chi connectivity index (χ2n) is 5.13. The first-order valence-electron chi connectivity index (χ1n) is 6.71. The third-order valence-electron chi connectivity index (χ3n) is 3.87. The second kappa shape index (κ2) is 6.51. The number of rotatable bonds is 1. The predicted molar refractivity (Wildman–Crippen MR) is 77.7 cm³/mol. The van der Waals surface area contributed by atoms with Gasteiger partial charge in [-0.15, -0.1) is 23.7 Å². The largest absolute Gasteiger partial charge is 2.00 e. The topological polar surface area (TPSA) is 44.0 Å². The van der Waals surface area contributed by atoms with E-state index in [-0.39, 0.29) is 31.8 Å². The van der Waals surface area contributed by atoms with Crippen molar-refractivity contribution in [2.24, 2.45) is 7.05 Å². The van der Waals surface area contributed by atoms with Crippen LogP contribution < -0.4 is 11.2 Å². The number of hydrogen-bond donors (Lipinski definition) is 0. The summed E-state index contributed by atoms with van der Waals surface area (Å²) in [7, 11) is 1.61. The molecule has 7 heteroatoms. The van der Waals surface area contributed by atoms with Crippen molar-refractivity contribution in [3.8, 4) is 5.69 Å². The van der Waals surface area contributed by atoms with Crippen molar-refractivity contribution in [2.45, 2.75) is 25.7 Å². The van der Waals surface area contributed by atoms with Gasteiger partial charge in [-0.2, -0.15) is 6.07 Å². The van der Waals surface area contributed by atoms with Crippen LogP contribution in [-0.4, -0.2) is 9.13 Å². The van der Waals surface area contributed by atoms with Crippen LogP contribution in [0.5, 0.6) is 0 Å². The first-order valence-corrected chi connectivity index (χ1v) is 7.09. The molecule has 0 spiro atoms. The zero-order chi connectivity index (χ0) is 15.1. The van der Waals surface area contributed by atoms with Gasteiger partial charge in [0, 0.05) is 24.1 Å². The number of aromatic nitrogens is 2. The molecule has 2 aromatic rings. The molecule has 0 saturated carbocycles. The molecular weight excluding hydrogens is 478 g/mol. The smallest absolute Gasteiger partial charge is 0.301 e. The van der Waals surface area contributed by atoms with Crippen molar-refractivity contribution in [3.05, 3.63) is 61.1 Å². The van der Waals surface area contributed by atoms with Gasteiger partial charge >= 0.3 is 26.8 Å². The number of halogens is 2. The maximum absolute atomic E-state index is 14.0. The average Bonchev–Trinajstić information content (AvgIpc) is 2.47. The minimum absolute atomic E-state index is 0. The Bertz CT molecular complexity index is 845. The second-order valence-corrected chi connectivity index (χ2v) is 5.54. The summed E-state index contributed by atoms with van der Waals surface area (Å²) in [6, 6.07) is 4.89. The molecular formula is C15H13ClFN2O2W+. The summed E-state index contributed by atoms with van der Waals surface area (Å²) < 4.78 is 16.3. The van der Waals surface area contributed by atoms with Gasteiger partial charge < -0.3 is 4.57 Å². The summed E-state index contributed by atoms with van der Waals surface area (Å²) in [5.41, 5.74) is 0.250. The quantitative estimate of drug-likeness (QED) is 0.573. The van der Waals surface area contributed by atoms with Gasteiger partial charge in [-0.3, -0.25) is 9.36 Å². The molecule has 0 amide bonds. The van der Waals surface area contributed by atoms with Crippen molar-refractivity contribution < 1.29 is 25.5 Å². The van der Waals surface area contributed by atoms with Crippen LogP contribution in [0, 0.1) is 11.9 Å². The van der Waals surface area contributed by atoms with Crippen LogP contribution in [0.25, 0.3) is 5.69 Å². The van der Waals surface area contributed by atoms with E-state index in [1.807, 2.05) is 0 Å². The summed E-state index contributed by atoms with van der Waals surface area (Å²) >= 11 is 5.66. The molecule has 1 aliphatic rings. The molecule has 0 atom stereocenters. The van der Waals surface area contributed by atoms with Crippen molar-refractivity contribution >= 4 is 11.6 Å². The van der Waals surface area contributed by atoms with Crippen LogP contribution >= 0.6 is 11.6 Å². The summed E-state index contributed by atoms with van der Waals surface area (Å²) in [5.74, 6) is -0.714. The SMILES string of the molecule is Cn1c2c(c(=O)n(-c3c[c-]c(Cl)cc3F)c1=O)CCCC2.[W+2]. The molecule has 1 aromatic carbocycles. The summed E-state index contributed by atoms with van der Waals surface area (Å²) in [5, 5.41) is 0.0964. The zero-order valence-corrected chi connectivity index (χ0v) is 15.5. The van der Waals surface area contributed by atoms with E-state index in [4.69, 9.17) is 11.6 Å². The van der Waals surface area contributed by atoms with Crippen LogP contribution in [0.2, 0.25) is 5.02 Å². The molecule has 1 aliphatic carbocycles. The van der Waals surface area contributed by atoms with Gasteiger partial charge in [-0.1, -0.05) is 5.02 Å². The number of nitrogens with zero attached hydrogens (tertiary/aromatic N) is 2. The van der Waals surface area contributed by atoms with E-state index in [0.29, 0.717) is 18.4 Å². The number of hydrogen-bond acceptors (Lipinski definition) is 2. The molecule has 1 heterocycles. The van der Waals surface area contributed by atoms with Crippen LogP contribution in [0.3, 0.4) is 0 Å². The Balaban J connectivity index is 0.00000176. The molecule has 114 valence electrons. The Morgan fingerprint density at radius 1 is 1.27 bits per heavy atom. The van der Waals surface area contributed by atoms with E-state index in [2.05, 4.69) is 6.07 Å². The standard InChI is InChI=1S/C15H13ClFN2O2.W/c1-18-12-5-3-2-4-10(12)14(20)19(15(18)21)13-7-6-9(16)8-11(13)17;/h7-8H,2-5H2,1H3;/q-1;+2. The van der Waals surface area contributed by atoms with Crippen molar-refractivity contribution in [1.82, 2.24) is 9.13 Å². The number of benzene rings is 1. The van der Waals surface area contributed by atoms with Gasteiger partial charge in [-0.05, 0) is 31.4 Å².